The third-order valence-corrected chi connectivity index (χ3v) is 8.67. The van der Waals surface area contributed by atoms with Crippen molar-refractivity contribution < 1.29 is 38.5 Å². The molecule has 55 heavy (non-hydrogen) atoms. The third-order valence-electron chi connectivity index (χ3n) is 8.67. The van der Waals surface area contributed by atoms with Crippen LogP contribution in [0.25, 0.3) is 0 Å². The number of amides is 3. The van der Waals surface area contributed by atoms with E-state index in [1.54, 1.807) is 25.7 Å². The van der Waals surface area contributed by atoms with Crippen LogP contribution in [0.1, 0.15) is 69.1 Å². The predicted molar refractivity (Wildman–Crippen MR) is 213 cm³/mol. The predicted octanol–water partition coefficient (Wildman–Crippen LogP) is 7.42. The summed E-state index contributed by atoms with van der Waals surface area (Å²) in [5.41, 5.74) is 0.565. The Morgan fingerprint density at radius 2 is 1.42 bits per heavy atom. The molecular formula is C43H56N4O8. The van der Waals surface area contributed by atoms with Crippen molar-refractivity contribution in [2.75, 3.05) is 32.8 Å². The Morgan fingerprint density at radius 3 is 1.96 bits per heavy atom. The molecule has 4 N–H and O–H groups in total. The average Bonchev–Trinajstić information content (AvgIpc) is 3.17. The van der Waals surface area contributed by atoms with Crippen LogP contribution in [-0.4, -0.2) is 84.2 Å². The molecule has 0 saturated heterocycles. The van der Waals surface area contributed by atoms with Crippen LogP contribution in [0, 0.1) is 0 Å². The van der Waals surface area contributed by atoms with E-state index in [2.05, 4.69) is 29.1 Å². The molecule has 3 rings (SSSR count). The highest BCUT2D eigenvalue weighted by Gasteiger charge is 2.39. The lowest BCUT2D eigenvalue weighted by Gasteiger charge is -2.36. The van der Waals surface area contributed by atoms with Gasteiger partial charge in [0.1, 0.15) is 24.4 Å². The summed E-state index contributed by atoms with van der Waals surface area (Å²) < 4.78 is 16.3. The molecule has 0 aliphatic rings. The lowest BCUT2D eigenvalue weighted by Crippen LogP contribution is -2.59. The molecule has 0 bridgehead atoms. The Labute approximate surface area is 324 Å². The monoisotopic (exact) mass is 756 g/mol. The van der Waals surface area contributed by atoms with Gasteiger partial charge in [0, 0.05) is 38.1 Å². The molecule has 0 saturated carbocycles. The second kappa shape index (κ2) is 22.6. The van der Waals surface area contributed by atoms with Crippen molar-refractivity contribution in [3.63, 3.8) is 0 Å². The molecule has 3 aromatic carbocycles. The SMILES string of the molecule is C=CCOC(=O)N(CCC(CNC(=O)OC(C)(C)C)N[C@@](CC=C)(CCCNC(=O)OCc1ccccc1)C(=O)O)CC(c1ccccc1)c1ccccc1. The number of carboxylic acid groups (broad SMARTS) is 1. The first-order chi connectivity index (χ1) is 26.4. The number of rotatable bonds is 22. The van der Waals surface area contributed by atoms with Gasteiger partial charge in [0.15, 0.2) is 0 Å². The topological polar surface area (TPSA) is 156 Å². The maximum atomic E-state index is 13.6. The van der Waals surface area contributed by atoms with Crippen LogP contribution in [0.3, 0.4) is 0 Å². The number of aliphatic carboxylic acids is 1. The molecule has 0 aromatic heterocycles. The number of hydrogen-bond donors (Lipinski definition) is 4. The highest BCUT2D eigenvalue weighted by atomic mass is 16.6. The molecule has 1 unspecified atom stereocenters. The van der Waals surface area contributed by atoms with Crippen LogP contribution in [0.15, 0.2) is 116 Å². The zero-order valence-corrected chi connectivity index (χ0v) is 32.2. The van der Waals surface area contributed by atoms with Gasteiger partial charge in [-0.05, 0) is 63.1 Å². The minimum absolute atomic E-state index is 0.00778. The molecule has 0 aliphatic heterocycles. The van der Waals surface area contributed by atoms with Crippen LogP contribution >= 0.6 is 0 Å². The minimum atomic E-state index is -1.53. The summed E-state index contributed by atoms with van der Waals surface area (Å²) in [6.45, 7) is 13.4. The molecule has 12 heteroatoms. The van der Waals surface area contributed by atoms with E-state index in [9.17, 15) is 24.3 Å². The normalized spacial score (nSPS) is 12.7. The van der Waals surface area contributed by atoms with Crippen molar-refractivity contribution in [3.8, 4) is 0 Å². The van der Waals surface area contributed by atoms with Crippen molar-refractivity contribution in [2.45, 2.75) is 76.2 Å². The van der Waals surface area contributed by atoms with Crippen LogP contribution in [-0.2, 0) is 25.6 Å². The number of hydrogen-bond acceptors (Lipinski definition) is 8. The van der Waals surface area contributed by atoms with Crippen molar-refractivity contribution >= 4 is 24.2 Å². The maximum Gasteiger partial charge on any atom is 0.410 e. The zero-order chi connectivity index (χ0) is 40.1. The minimum Gasteiger partial charge on any atom is -0.480 e. The second-order valence-corrected chi connectivity index (χ2v) is 14.2. The summed E-state index contributed by atoms with van der Waals surface area (Å²) in [6.07, 6.45) is 1.82. The van der Waals surface area contributed by atoms with Gasteiger partial charge in [-0.1, -0.05) is 110 Å². The van der Waals surface area contributed by atoms with Gasteiger partial charge in [0.2, 0.25) is 0 Å². The van der Waals surface area contributed by atoms with E-state index in [1.807, 2.05) is 91.0 Å². The van der Waals surface area contributed by atoms with E-state index < -0.39 is 41.4 Å². The number of ether oxygens (including phenoxy) is 3. The lowest BCUT2D eigenvalue weighted by atomic mass is 9.88. The molecule has 0 spiro atoms. The number of alkyl carbamates (subject to hydrolysis) is 2. The first-order valence-electron chi connectivity index (χ1n) is 18.5. The van der Waals surface area contributed by atoms with Crippen LogP contribution in [0.2, 0.25) is 0 Å². The molecule has 3 amide bonds. The summed E-state index contributed by atoms with van der Waals surface area (Å²) in [5, 5.41) is 19.4. The highest BCUT2D eigenvalue weighted by molar-refractivity contribution is 5.79. The lowest BCUT2D eigenvalue weighted by molar-refractivity contribution is -0.145. The molecule has 0 radical (unpaired) electrons. The fourth-order valence-corrected chi connectivity index (χ4v) is 6.01. The Hall–Kier alpha value is -5.62. The van der Waals surface area contributed by atoms with Gasteiger partial charge < -0.3 is 34.9 Å². The average molecular weight is 757 g/mol. The second-order valence-electron chi connectivity index (χ2n) is 14.2. The van der Waals surface area contributed by atoms with Gasteiger partial charge >= 0.3 is 24.2 Å². The summed E-state index contributed by atoms with van der Waals surface area (Å²) in [7, 11) is 0. The van der Waals surface area contributed by atoms with E-state index in [0.29, 0.717) is 0 Å². The quantitative estimate of drug-likeness (QED) is 0.0466. The van der Waals surface area contributed by atoms with E-state index in [0.717, 1.165) is 16.7 Å². The summed E-state index contributed by atoms with van der Waals surface area (Å²) in [4.78, 5) is 53.4. The molecule has 2 atom stereocenters. The molecular weight excluding hydrogens is 700 g/mol. The Bertz CT molecular complexity index is 1610. The van der Waals surface area contributed by atoms with Gasteiger partial charge in [0.05, 0.1) is 0 Å². The molecule has 0 fully saturated rings. The number of carboxylic acids is 1. The van der Waals surface area contributed by atoms with E-state index in [-0.39, 0.29) is 71.0 Å². The van der Waals surface area contributed by atoms with Crippen molar-refractivity contribution in [2.24, 2.45) is 0 Å². The molecule has 12 nitrogen and oxygen atoms in total. The molecule has 3 aromatic rings. The van der Waals surface area contributed by atoms with E-state index >= 15 is 0 Å². The summed E-state index contributed by atoms with van der Waals surface area (Å²) >= 11 is 0. The number of nitrogens with zero attached hydrogens (tertiary/aromatic N) is 1. The molecule has 296 valence electrons. The smallest absolute Gasteiger partial charge is 0.410 e. The molecule has 0 heterocycles. The van der Waals surface area contributed by atoms with Crippen LogP contribution in [0.5, 0.6) is 0 Å². The van der Waals surface area contributed by atoms with Gasteiger partial charge in [-0.2, -0.15) is 0 Å². The van der Waals surface area contributed by atoms with Crippen LogP contribution < -0.4 is 16.0 Å². The Balaban J connectivity index is 1.83. The standard InChI is InChI=1S/C43H56N4O8/c1-6-25-43(38(48)49,26-17-27-44-39(50)54-32-33-18-11-8-12-19-33)46-36(30-45-40(51)55-42(3,4)5)24-28-47(41(52)53-29-7-2)31-37(34-20-13-9-14-21-34)35-22-15-10-16-23-35/h6-16,18-23,36-37,46H,1-2,17,24-32H2,3-5H3,(H,44,50)(H,45,51)(H,48,49)/t36?,43-/m0/s1. The largest absolute Gasteiger partial charge is 0.480 e. The zero-order valence-electron chi connectivity index (χ0n) is 32.2. The van der Waals surface area contributed by atoms with E-state index in [4.69, 9.17) is 14.2 Å². The molecule has 0 aliphatic carbocycles. The van der Waals surface area contributed by atoms with E-state index in [1.165, 1.54) is 12.2 Å². The first kappa shape index (κ1) is 43.8. The van der Waals surface area contributed by atoms with Crippen LogP contribution in [0.4, 0.5) is 14.4 Å². The fraction of sp³-hybridized carbons (Fsp3) is 0.395. The van der Waals surface area contributed by atoms with Gasteiger partial charge in [0.25, 0.3) is 0 Å². The Kier molecular flexibility index (Phi) is 18.0. The number of nitrogens with one attached hydrogen (secondary N) is 3. The third kappa shape index (κ3) is 15.7. The fourth-order valence-electron chi connectivity index (χ4n) is 6.01. The Morgan fingerprint density at radius 1 is 0.818 bits per heavy atom. The van der Waals surface area contributed by atoms with Gasteiger partial charge in [-0.15, -0.1) is 6.58 Å². The summed E-state index contributed by atoms with van der Waals surface area (Å²) in [5.74, 6) is -1.33. The highest BCUT2D eigenvalue weighted by Crippen LogP contribution is 2.27. The first-order valence-corrected chi connectivity index (χ1v) is 18.5. The van der Waals surface area contributed by atoms with Gasteiger partial charge in [-0.25, -0.2) is 14.4 Å². The van der Waals surface area contributed by atoms with Gasteiger partial charge in [-0.3, -0.25) is 10.1 Å². The maximum absolute atomic E-state index is 13.6. The number of benzene rings is 3. The van der Waals surface area contributed by atoms with Crippen molar-refractivity contribution in [1.29, 1.82) is 0 Å². The number of carbonyl (C=O) groups excluding carboxylic acids is 3. The summed E-state index contributed by atoms with van der Waals surface area (Å²) in [6, 6.07) is 28.3. The number of carbonyl (C=O) groups is 4. The van der Waals surface area contributed by atoms with Crippen molar-refractivity contribution in [1.82, 2.24) is 20.9 Å². The van der Waals surface area contributed by atoms with Crippen molar-refractivity contribution in [3.05, 3.63) is 133 Å².